The van der Waals surface area contributed by atoms with Crippen molar-refractivity contribution in [2.24, 2.45) is 0 Å². The molecule has 0 heterocycles. The summed E-state index contributed by atoms with van der Waals surface area (Å²) in [6.07, 6.45) is 0.328. The van der Waals surface area contributed by atoms with E-state index in [1.165, 1.54) is 13.2 Å². The third kappa shape index (κ3) is 4.75. The monoisotopic (exact) mass is 426 g/mol. The van der Waals surface area contributed by atoms with E-state index >= 15 is 0 Å². The molecule has 0 saturated heterocycles. The highest BCUT2D eigenvalue weighted by Gasteiger charge is 2.33. The number of esters is 1. The summed E-state index contributed by atoms with van der Waals surface area (Å²) < 4.78 is 4.55. The van der Waals surface area contributed by atoms with Gasteiger partial charge < -0.3 is 15.4 Å². The lowest BCUT2D eigenvalue weighted by Gasteiger charge is -2.22. The molecule has 3 rings (SSSR count). The number of anilines is 1. The molecule has 8 heteroatoms. The average Bonchev–Trinajstić information content (AvgIpc) is 2.75. The van der Waals surface area contributed by atoms with Gasteiger partial charge in [-0.15, -0.1) is 0 Å². The smallest absolute Gasteiger partial charge is 0.305 e. The molecule has 0 saturated carbocycles. The van der Waals surface area contributed by atoms with E-state index in [1.54, 1.807) is 42.5 Å². The topological polar surface area (TPSA) is 102 Å². The van der Waals surface area contributed by atoms with E-state index in [0.29, 0.717) is 10.7 Å². The third-order valence-electron chi connectivity index (χ3n) is 4.51. The van der Waals surface area contributed by atoms with Gasteiger partial charge >= 0.3 is 5.97 Å². The molecule has 2 aromatic carbocycles. The fraction of sp³-hybridized carbons (Fsp3) is 0.182. The molecule has 0 aromatic heterocycles. The number of carbonyl (C=O) groups excluding carboxylic acids is 4. The van der Waals surface area contributed by atoms with Crippen molar-refractivity contribution in [2.75, 3.05) is 12.4 Å². The summed E-state index contributed by atoms with van der Waals surface area (Å²) in [6, 6.07) is 13.0. The molecule has 0 radical (unpaired) electrons. The minimum Gasteiger partial charge on any atom is -0.469 e. The summed E-state index contributed by atoms with van der Waals surface area (Å²) in [5.41, 5.74) is 0.850. The Morgan fingerprint density at radius 2 is 1.50 bits per heavy atom. The van der Waals surface area contributed by atoms with Crippen molar-refractivity contribution < 1.29 is 23.9 Å². The molecule has 0 atom stereocenters. The highest BCUT2D eigenvalue weighted by molar-refractivity contribution is 6.30. The fourth-order valence-electron chi connectivity index (χ4n) is 2.99. The van der Waals surface area contributed by atoms with Crippen LogP contribution in [0.15, 0.2) is 59.9 Å². The number of Topliss-reactive ketones (excluding diaryl/α,β-unsaturated/α-hetero) is 2. The largest absolute Gasteiger partial charge is 0.469 e. The molecule has 7 nitrogen and oxygen atoms in total. The van der Waals surface area contributed by atoms with Crippen molar-refractivity contribution in [2.45, 2.75) is 19.3 Å². The van der Waals surface area contributed by atoms with E-state index in [-0.39, 0.29) is 41.8 Å². The first kappa shape index (κ1) is 21.3. The molecule has 0 bridgehead atoms. The van der Waals surface area contributed by atoms with Gasteiger partial charge in [0.1, 0.15) is 11.4 Å². The van der Waals surface area contributed by atoms with E-state index in [9.17, 15) is 19.2 Å². The molecule has 0 unspecified atom stereocenters. The first-order valence-corrected chi connectivity index (χ1v) is 9.60. The summed E-state index contributed by atoms with van der Waals surface area (Å²) in [4.78, 5) is 49.7. The summed E-state index contributed by atoms with van der Waals surface area (Å²) in [6.45, 7) is 0. The van der Waals surface area contributed by atoms with Crippen LogP contribution in [0.1, 0.15) is 40.0 Å². The Bertz CT molecular complexity index is 1040. The van der Waals surface area contributed by atoms with Crippen LogP contribution in [-0.2, 0) is 14.3 Å². The van der Waals surface area contributed by atoms with Crippen molar-refractivity contribution in [3.63, 3.8) is 0 Å². The maximum Gasteiger partial charge on any atom is 0.305 e. The molecule has 1 aliphatic rings. The lowest BCUT2D eigenvalue weighted by Crippen LogP contribution is -2.36. The van der Waals surface area contributed by atoms with Crippen LogP contribution in [0.2, 0.25) is 5.02 Å². The van der Waals surface area contributed by atoms with Crippen molar-refractivity contribution in [1.29, 1.82) is 0 Å². The SMILES string of the molecule is COC(=O)CCCC(=O)NC1=C(Nc2ccc(Cl)cc2)C(=O)c2ccccc2C1=O. The van der Waals surface area contributed by atoms with Crippen LogP contribution in [0.5, 0.6) is 0 Å². The van der Waals surface area contributed by atoms with Gasteiger partial charge in [0, 0.05) is 34.7 Å². The number of benzene rings is 2. The van der Waals surface area contributed by atoms with Gasteiger partial charge in [-0.1, -0.05) is 35.9 Å². The lowest BCUT2D eigenvalue weighted by atomic mass is 9.90. The standard InChI is InChI=1S/C22H19ClN2O5/c1-30-18(27)8-4-7-17(26)25-20-19(24-14-11-9-13(23)10-12-14)21(28)15-5-2-3-6-16(15)22(20)29/h2-3,5-6,9-12,24H,4,7-8H2,1H3,(H,25,26). The van der Waals surface area contributed by atoms with E-state index < -0.39 is 23.4 Å². The third-order valence-corrected chi connectivity index (χ3v) is 4.76. The van der Waals surface area contributed by atoms with Gasteiger partial charge in [0.25, 0.3) is 0 Å². The quantitative estimate of drug-likeness (QED) is 0.657. The Hall–Kier alpha value is -3.45. The summed E-state index contributed by atoms with van der Waals surface area (Å²) >= 11 is 5.90. The molecular formula is C22H19ClN2O5. The number of ether oxygens (including phenoxy) is 1. The van der Waals surface area contributed by atoms with E-state index in [2.05, 4.69) is 15.4 Å². The molecule has 1 amide bonds. The number of methoxy groups -OCH3 is 1. The molecule has 1 aliphatic carbocycles. The van der Waals surface area contributed by atoms with Crippen LogP contribution in [0, 0.1) is 0 Å². The van der Waals surface area contributed by atoms with Crippen LogP contribution >= 0.6 is 11.6 Å². The molecule has 30 heavy (non-hydrogen) atoms. The second kappa shape index (κ2) is 9.37. The Balaban J connectivity index is 1.89. The van der Waals surface area contributed by atoms with E-state index in [0.717, 1.165) is 0 Å². The molecule has 0 aliphatic heterocycles. The summed E-state index contributed by atoms with van der Waals surface area (Å²) in [7, 11) is 1.27. The van der Waals surface area contributed by atoms with Gasteiger partial charge in [-0.05, 0) is 30.7 Å². The Kier molecular flexibility index (Phi) is 6.64. The normalized spacial score (nSPS) is 13.0. The molecule has 154 valence electrons. The number of hydrogen-bond donors (Lipinski definition) is 2. The molecule has 2 aromatic rings. The minimum atomic E-state index is -0.482. The number of hydrogen-bond acceptors (Lipinski definition) is 6. The van der Waals surface area contributed by atoms with Crippen LogP contribution < -0.4 is 10.6 Å². The summed E-state index contributed by atoms with van der Waals surface area (Å²) in [5.74, 6) is -1.79. The molecule has 0 spiro atoms. The number of amides is 1. The first-order valence-electron chi connectivity index (χ1n) is 9.22. The van der Waals surface area contributed by atoms with Crippen LogP contribution in [0.3, 0.4) is 0 Å². The lowest BCUT2D eigenvalue weighted by molar-refractivity contribution is -0.140. The molecular weight excluding hydrogens is 408 g/mol. The number of allylic oxidation sites excluding steroid dienone is 2. The summed E-state index contributed by atoms with van der Waals surface area (Å²) in [5, 5.41) is 5.99. The Morgan fingerprint density at radius 3 is 2.10 bits per heavy atom. The molecule has 0 fully saturated rings. The van der Waals surface area contributed by atoms with Crippen LogP contribution in [-0.4, -0.2) is 30.6 Å². The minimum absolute atomic E-state index is 0.00403. The van der Waals surface area contributed by atoms with Crippen LogP contribution in [0.25, 0.3) is 0 Å². The molecule has 2 N–H and O–H groups in total. The van der Waals surface area contributed by atoms with E-state index in [1.807, 2.05) is 0 Å². The number of rotatable bonds is 7. The number of nitrogens with one attached hydrogen (secondary N) is 2. The second-order valence-corrected chi connectivity index (χ2v) is 7.00. The number of ketones is 2. The number of carbonyl (C=O) groups is 4. The fourth-order valence-corrected chi connectivity index (χ4v) is 3.11. The zero-order chi connectivity index (χ0) is 21.7. The van der Waals surface area contributed by atoms with Gasteiger partial charge in [0.15, 0.2) is 0 Å². The predicted molar refractivity (Wildman–Crippen MR) is 111 cm³/mol. The maximum absolute atomic E-state index is 13.1. The first-order chi connectivity index (χ1) is 14.4. The van der Waals surface area contributed by atoms with Gasteiger partial charge in [-0.25, -0.2) is 0 Å². The predicted octanol–water partition coefficient (Wildman–Crippen LogP) is 3.50. The van der Waals surface area contributed by atoms with Crippen LogP contribution in [0.4, 0.5) is 5.69 Å². The van der Waals surface area contributed by atoms with Crippen molar-refractivity contribution in [1.82, 2.24) is 5.32 Å². The van der Waals surface area contributed by atoms with Crippen molar-refractivity contribution in [3.05, 3.63) is 76.1 Å². The number of halogens is 1. The number of fused-ring (bicyclic) bond motifs is 1. The highest BCUT2D eigenvalue weighted by atomic mass is 35.5. The van der Waals surface area contributed by atoms with E-state index in [4.69, 9.17) is 11.6 Å². The van der Waals surface area contributed by atoms with Crippen molar-refractivity contribution in [3.8, 4) is 0 Å². The average molecular weight is 427 g/mol. The van der Waals surface area contributed by atoms with Gasteiger partial charge in [0.05, 0.1) is 7.11 Å². The zero-order valence-corrected chi connectivity index (χ0v) is 16.9. The second-order valence-electron chi connectivity index (χ2n) is 6.56. The zero-order valence-electron chi connectivity index (χ0n) is 16.2. The Labute approximate surface area is 178 Å². The van der Waals surface area contributed by atoms with Gasteiger partial charge in [-0.3, -0.25) is 19.2 Å². The van der Waals surface area contributed by atoms with Crippen molar-refractivity contribution >= 4 is 40.7 Å². The highest BCUT2D eigenvalue weighted by Crippen LogP contribution is 2.27. The Morgan fingerprint density at radius 1 is 0.900 bits per heavy atom. The maximum atomic E-state index is 13.1. The van der Waals surface area contributed by atoms with Gasteiger partial charge in [0.2, 0.25) is 17.5 Å². The van der Waals surface area contributed by atoms with Gasteiger partial charge in [-0.2, -0.15) is 0 Å².